The van der Waals surface area contributed by atoms with Gasteiger partial charge in [-0.1, -0.05) is 42.5 Å². The molecule has 4 rings (SSSR count). The number of hydrogen-bond acceptors (Lipinski definition) is 2. The minimum Gasteiger partial charge on any atom is -0.351 e. The number of hydrogen-bond donors (Lipinski definition) is 2. The van der Waals surface area contributed by atoms with Gasteiger partial charge < -0.3 is 10.3 Å². The second-order valence-corrected chi connectivity index (χ2v) is 6.14. The Morgan fingerprint density at radius 1 is 0.815 bits per heavy atom. The summed E-state index contributed by atoms with van der Waals surface area (Å²) in [5.74, 6) is -0.843. The first-order valence-corrected chi connectivity index (χ1v) is 8.39. The molecule has 0 unspecified atom stereocenters. The molecule has 0 bridgehead atoms. The van der Waals surface area contributed by atoms with Crippen molar-refractivity contribution in [3.8, 4) is 0 Å². The molecule has 0 saturated heterocycles. The number of anilines is 1. The van der Waals surface area contributed by atoms with Gasteiger partial charge in [-0.15, -0.1) is 0 Å². The maximum absolute atomic E-state index is 13.3. The number of aromatic nitrogens is 1. The van der Waals surface area contributed by atoms with Crippen molar-refractivity contribution in [2.75, 3.05) is 5.32 Å². The molecule has 1 aromatic heterocycles. The van der Waals surface area contributed by atoms with E-state index in [-0.39, 0.29) is 17.5 Å². The van der Waals surface area contributed by atoms with Gasteiger partial charge in [0.2, 0.25) is 0 Å². The highest BCUT2D eigenvalue weighted by Gasteiger charge is 2.13. The van der Waals surface area contributed by atoms with E-state index in [0.717, 1.165) is 0 Å². The monoisotopic (exact) mass is 358 g/mol. The van der Waals surface area contributed by atoms with Gasteiger partial charge in [-0.3, -0.25) is 9.59 Å². The normalized spacial score (nSPS) is 10.7. The summed E-state index contributed by atoms with van der Waals surface area (Å²) in [5.41, 5.74) is 2.56. The maximum Gasteiger partial charge on any atom is 0.272 e. The number of amides is 1. The zero-order chi connectivity index (χ0) is 18.8. The van der Waals surface area contributed by atoms with Crippen molar-refractivity contribution < 1.29 is 14.0 Å². The first-order chi connectivity index (χ1) is 13.1. The van der Waals surface area contributed by atoms with E-state index < -0.39 is 0 Å². The average Bonchev–Trinajstić information content (AvgIpc) is 3.11. The molecule has 1 heterocycles. The van der Waals surface area contributed by atoms with Crippen LogP contribution in [0, 0.1) is 5.82 Å². The number of halogens is 1. The fourth-order valence-corrected chi connectivity index (χ4v) is 2.92. The Morgan fingerprint density at radius 3 is 2.41 bits per heavy atom. The van der Waals surface area contributed by atoms with E-state index in [4.69, 9.17) is 0 Å². The highest BCUT2D eigenvalue weighted by atomic mass is 19.1. The zero-order valence-corrected chi connectivity index (χ0v) is 14.2. The van der Waals surface area contributed by atoms with E-state index in [2.05, 4.69) is 10.3 Å². The van der Waals surface area contributed by atoms with Crippen molar-refractivity contribution in [1.82, 2.24) is 4.98 Å². The van der Waals surface area contributed by atoms with Gasteiger partial charge in [0.25, 0.3) is 5.91 Å². The van der Waals surface area contributed by atoms with Crippen LogP contribution in [0.4, 0.5) is 10.1 Å². The molecule has 4 aromatic rings. The first-order valence-electron chi connectivity index (χ1n) is 8.39. The highest BCUT2D eigenvalue weighted by Crippen LogP contribution is 2.19. The van der Waals surface area contributed by atoms with E-state index in [1.54, 1.807) is 60.7 Å². The van der Waals surface area contributed by atoms with Gasteiger partial charge in [0.1, 0.15) is 11.5 Å². The van der Waals surface area contributed by atoms with Gasteiger partial charge in [0.05, 0.1) is 0 Å². The summed E-state index contributed by atoms with van der Waals surface area (Å²) >= 11 is 0. The van der Waals surface area contributed by atoms with Crippen molar-refractivity contribution in [1.29, 1.82) is 0 Å². The molecule has 0 fully saturated rings. The summed E-state index contributed by atoms with van der Waals surface area (Å²) in [6.45, 7) is 0. The quantitative estimate of drug-likeness (QED) is 0.515. The van der Waals surface area contributed by atoms with Crippen molar-refractivity contribution in [3.05, 3.63) is 102 Å². The minimum absolute atomic E-state index is 0.118. The Morgan fingerprint density at radius 2 is 1.59 bits per heavy atom. The maximum atomic E-state index is 13.3. The van der Waals surface area contributed by atoms with E-state index >= 15 is 0 Å². The number of aromatic amines is 1. The smallest absolute Gasteiger partial charge is 0.272 e. The molecule has 0 radical (unpaired) electrons. The average molecular weight is 358 g/mol. The standard InChI is InChI=1S/C22H15FN2O2/c23-17-9-10-19-16(11-17)13-20(25-19)22(27)24-18-8-4-7-15(12-18)21(26)14-5-2-1-3-6-14/h1-13,25H,(H,24,27). The topological polar surface area (TPSA) is 62.0 Å². The lowest BCUT2D eigenvalue weighted by Crippen LogP contribution is -2.12. The van der Waals surface area contributed by atoms with Crippen LogP contribution < -0.4 is 5.32 Å². The molecule has 5 heteroatoms. The van der Waals surface area contributed by atoms with Gasteiger partial charge in [-0.25, -0.2) is 4.39 Å². The third-order valence-electron chi connectivity index (χ3n) is 4.25. The summed E-state index contributed by atoms with van der Waals surface area (Å²) in [4.78, 5) is 28.0. The summed E-state index contributed by atoms with van der Waals surface area (Å²) in [6.07, 6.45) is 0. The number of carbonyl (C=O) groups is 2. The minimum atomic E-state index is -0.365. The van der Waals surface area contributed by atoms with Crippen molar-refractivity contribution in [2.45, 2.75) is 0 Å². The number of rotatable bonds is 4. The zero-order valence-electron chi connectivity index (χ0n) is 14.2. The molecule has 0 aliphatic rings. The molecule has 27 heavy (non-hydrogen) atoms. The molecule has 0 aliphatic carbocycles. The largest absolute Gasteiger partial charge is 0.351 e. The molecule has 3 aromatic carbocycles. The Bertz CT molecular complexity index is 1150. The molecule has 0 atom stereocenters. The Labute approximate surface area is 154 Å². The number of carbonyl (C=O) groups excluding carboxylic acids is 2. The van der Waals surface area contributed by atoms with Crippen LogP contribution in [0.25, 0.3) is 10.9 Å². The summed E-state index contributed by atoms with van der Waals surface area (Å²) in [5, 5.41) is 3.38. The summed E-state index contributed by atoms with van der Waals surface area (Å²) in [6, 6.07) is 21.6. The second-order valence-electron chi connectivity index (χ2n) is 6.14. The molecule has 1 amide bonds. The van der Waals surface area contributed by atoms with Crippen LogP contribution in [-0.2, 0) is 0 Å². The van der Waals surface area contributed by atoms with Gasteiger partial charge in [0, 0.05) is 27.7 Å². The van der Waals surface area contributed by atoms with E-state index in [0.29, 0.717) is 33.4 Å². The Hall–Kier alpha value is -3.73. The lowest BCUT2D eigenvalue weighted by Gasteiger charge is -2.06. The van der Waals surface area contributed by atoms with Crippen LogP contribution in [0.15, 0.2) is 78.9 Å². The third kappa shape index (κ3) is 3.48. The Balaban J connectivity index is 1.57. The van der Waals surface area contributed by atoms with E-state index in [9.17, 15) is 14.0 Å². The van der Waals surface area contributed by atoms with E-state index in [1.165, 1.54) is 12.1 Å². The van der Waals surface area contributed by atoms with Gasteiger partial charge in [0.15, 0.2) is 5.78 Å². The van der Waals surface area contributed by atoms with Crippen LogP contribution in [-0.4, -0.2) is 16.7 Å². The predicted octanol–water partition coefficient (Wildman–Crippen LogP) is 4.79. The number of benzene rings is 3. The third-order valence-corrected chi connectivity index (χ3v) is 4.25. The fourth-order valence-electron chi connectivity index (χ4n) is 2.92. The Kier molecular flexibility index (Phi) is 4.26. The SMILES string of the molecule is O=C(c1ccccc1)c1cccc(NC(=O)c2cc3cc(F)ccc3[nH]2)c1. The lowest BCUT2D eigenvalue weighted by atomic mass is 10.0. The molecule has 0 aliphatic heterocycles. The van der Waals surface area contributed by atoms with Gasteiger partial charge >= 0.3 is 0 Å². The van der Waals surface area contributed by atoms with E-state index in [1.807, 2.05) is 6.07 Å². The number of nitrogens with one attached hydrogen (secondary N) is 2. The highest BCUT2D eigenvalue weighted by molar-refractivity contribution is 6.10. The van der Waals surface area contributed by atoms with Crippen molar-refractivity contribution in [2.24, 2.45) is 0 Å². The van der Waals surface area contributed by atoms with Crippen LogP contribution in [0.3, 0.4) is 0 Å². The lowest BCUT2D eigenvalue weighted by molar-refractivity contribution is 0.101. The molecular formula is C22H15FN2O2. The molecule has 0 spiro atoms. The second kappa shape index (κ2) is 6.88. The fraction of sp³-hybridized carbons (Fsp3) is 0. The van der Waals surface area contributed by atoms with Crippen molar-refractivity contribution in [3.63, 3.8) is 0 Å². The molecule has 0 saturated carbocycles. The van der Waals surface area contributed by atoms with Crippen LogP contribution in [0.5, 0.6) is 0 Å². The summed E-state index contributed by atoms with van der Waals surface area (Å²) < 4.78 is 13.3. The van der Waals surface area contributed by atoms with Crippen molar-refractivity contribution >= 4 is 28.3 Å². The van der Waals surface area contributed by atoms with Gasteiger partial charge in [-0.2, -0.15) is 0 Å². The molecular weight excluding hydrogens is 343 g/mol. The number of ketones is 1. The van der Waals surface area contributed by atoms with Crippen LogP contribution in [0.1, 0.15) is 26.4 Å². The molecule has 4 nitrogen and oxygen atoms in total. The molecule has 2 N–H and O–H groups in total. The number of fused-ring (bicyclic) bond motifs is 1. The van der Waals surface area contributed by atoms with Crippen LogP contribution >= 0.6 is 0 Å². The predicted molar refractivity (Wildman–Crippen MR) is 103 cm³/mol. The summed E-state index contributed by atoms with van der Waals surface area (Å²) in [7, 11) is 0. The van der Waals surface area contributed by atoms with Crippen LogP contribution in [0.2, 0.25) is 0 Å². The first kappa shape index (κ1) is 16.7. The van der Waals surface area contributed by atoms with Gasteiger partial charge in [-0.05, 0) is 36.4 Å². The number of H-pyrrole nitrogens is 1. The molecule has 132 valence electrons.